The molecule has 0 saturated heterocycles. The molecule has 1 aromatic carbocycles. The van der Waals surface area contributed by atoms with Crippen molar-refractivity contribution >= 4 is 22.4 Å². The van der Waals surface area contributed by atoms with Crippen molar-refractivity contribution in [2.75, 3.05) is 11.9 Å². The van der Waals surface area contributed by atoms with Crippen LogP contribution in [-0.4, -0.2) is 17.5 Å². The van der Waals surface area contributed by atoms with Gasteiger partial charge in [0.1, 0.15) is 5.75 Å². The van der Waals surface area contributed by atoms with E-state index in [-0.39, 0.29) is 5.91 Å². The van der Waals surface area contributed by atoms with E-state index in [1.54, 1.807) is 23.5 Å². The normalized spacial score (nSPS) is 16.9. The van der Waals surface area contributed by atoms with E-state index in [4.69, 9.17) is 4.74 Å². The monoisotopic (exact) mass is 316 g/mol. The minimum absolute atomic E-state index is 0.123. The molecule has 0 aliphatic heterocycles. The lowest BCUT2D eigenvalue weighted by Gasteiger charge is -2.15. The second-order valence-electron chi connectivity index (χ2n) is 5.65. The SMILES string of the molecule is CCOc1ccc(C(=O)Nc2nc3c(s2)CC(C)CC3)cc1. The highest BCUT2D eigenvalue weighted by Gasteiger charge is 2.20. The van der Waals surface area contributed by atoms with Crippen molar-refractivity contribution in [3.05, 3.63) is 40.4 Å². The van der Waals surface area contributed by atoms with Crippen LogP contribution in [0.2, 0.25) is 0 Å². The van der Waals surface area contributed by atoms with Gasteiger partial charge in [0.2, 0.25) is 0 Å². The van der Waals surface area contributed by atoms with E-state index in [2.05, 4.69) is 17.2 Å². The molecule has 0 radical (unpaired) electrons. The molecule has 1 aromatic heterocycles. The molecule has 4 nitrogen and oxygen atoms in total. The number of nitrogens with zero attached hydrogens (tertiary/aromatic N) is 1. The fourth-order valence-electron chi connectivity index (χ4n) is 2.63. The van der Waals surface area contributed by atoms with Gasteiger partial charge in [0.25, 0.3) is 5.91 Å². The summed E-state index contributed by atoms with van der Waals surface area (Å²) < 4.78 is 5.38. The molecule has 0 fully saturated rings. The average Bonchev–Trinajstić information content (AvgIpc) is 2.89. The summed E-state index contributed by atoms with van der Waals surface area (Å²) in [5, 5.41) is 3.62. The van der Waals surface area contributed by atoms with Crippen molar-refractivity contribution in [3.63, 3.8) is 0 Å². The summed E-state index contributed by atoms with van der Waals surface area (Å²) in [6.07, 6.45) is 3.28. The number of amides is 1. The van der Waals surface area contributed by atoms with Gasteiger partial charge in [-0.3, -0.25) is 10.1 Å². The minimum Gasteiger partial charge on any atom is -0.494 e. The van der Waals surface area contributed by atoms with E-state index in [0.717, 1.165) is 24.3 Å². The first-order chi connectivity index (χ1) is 10.7. The van der Waals surface area contributed by atoms with E-state index >= 15 is 0 Å². The van der Waals surface area contributed by atoms with Gasteiger partial charge in [-0.1, -0.05) is 6.92 Å². The number of carbonyl (C=O) groups is 1. The van der Waals surface area contributed by atoms with Crippen molar-refractivity contribution < 1.29 is 9.53 Å². The third-order valence-electron chi connectivity index (χ3n) is 3.83. The first kappa shape index (κ1) is 15.0. The molecule has 3 rings (SSSR count). The Morgan fingerprint density at radius 1 is 1.41 bits per heavy atom. The fourth-order valence-corrected chi connectivity index (χ4v) is 3.80. The van der Waals surface area contributed by atoms with Crippen LogP contribution in [0.15, 0.2) is 24.3 Å². The number of hydrogen-bond acceptors (Lipinski definition) is 4. The smallest absolute Gasteiger partial charge is 0.257 e. The standard InChI is InChI=1S/C17H20N2O2S/c1-3-21-13-7-5-12(6-8-13)16(20)19-17-18-14-9-4-11(2)10-15(14)22-17/h5-8,11H,3-4,9-10H2,1-2H3,(H,18,19,20). The van der Waals surface area contributed by atoms with Crippen LogP contribution in [-0.2, 0) is 12.8 Å². The number of hydrogen-bond donors (Lipinski definition) is 1. The molecule has 116 valence electrons. The lowest BCUT2D eigenvalue weighted by Crippen LogP contribution is -2.12. The van der Waals surface area contributed by atoms with E-state index in [0.29, 0.717) is 23.2 Å². The van der Waals surface area contributed by atoms with E-state index in [1.165, 1.54) is 11.3 Å². The Kier molecular flexibility index (Phi) is 4.43. The highest BCUT2D eigenvalue weighted by Crippen LogP contribution is 2.32. The van der Waals surface area contributed by atoms with Crippen molar-refractivity contribution in [3.8, 4) is 5.75 Å². The number of fused-ring (bicyclic) bond motifs is 1. The van der Waals surface area contributed by atoms with Crippen LogP contribution in [0.5, 0.6) is 5.75 Å². The number of thiazole rings is 1. The number of aromatic nitrogens is 1. The van der Waals surface area contributed by atoms with Crippen LogP contribution < -0.4 is 10.1 Å². The predicted octanol–water partition coefficient (Wildman–Crippen LogP) is 3.92. The van der Waals surface area contributed by atoms with E-state index in [9.17, 15) is 4.79 Å². The topological polar surface area (TPSA) is 51.2 Å². The van der Waals surface area contributed by atoms with Gasteiger partial charge in [0, 0.05) is 10.4 Å². The molecule has 0 spiro atoms. The fraction of sp³-hybridized carbons (Fsp3) is 0.412. The Hall–Kier alpha value is -1.88. The second-order valence-corrected chi connectivity index (χ2v) is 6.73. The molecule has 2 aromatic rings. The highest BCUT2D eigenvalue weighted by molar-refractivity contribution is 7.15. The van der Waals surface area contributed by atoms with Crippen LogP contribution in [0.3, 0.4) is 0 Å². The summed E-state index contributed by atoms with van der Waals surface area (Å²) in [4.78, 5) is 18.2. The average molecular weight is 316 g/mol. The van der Waals surface area contributed by atoms with Gasteiger partial charge < -0.3 is 4.74 Å². The molecule has 5 heteroatoms. The Labute approximate surface area is 134 Å². The molecule has 1 heterocycles. The Balaban J connectivity index is 1.69. The lowest BCUT2D eigenvalue weighted by atomic mass is 9.93. The van der Waals surface area contributed by atoms with E-state index < -0.39 is 0 Å². The van der Waals surface area contributed by atoms with Crippen LogP contribution in [0, 0.1) is 5.92 Å². The summed E-state index contributed by atoms with van der Waals surface area (Å²) in [5.74, 6) is 1.36. The largest absolute Gasteiger partial charge is 0.494 e. The highest BCUT2D eigenvalue weighted by atomic mass is 32.1. The minimum atomic E-state index is -0.123. The molecule has 22 heavy (non-hydrogen) atoms. The van der Waals surface area contributed by atoms with Gasteiger partial charge >= 0.3 is 0 Å². The maximum atomic E-state index is 12.3. The number of aryl methyl sites for hydroxylation is 1. The van der Waals surface area contributed by atoms with Crippen LogP contribution in [0.1, 0.15) is 41.2 Å². The summed E-state index contributed by atoms with van der Waals surface area (Å²) >= 11 is 1.61. The lowest BCUT2D eigenvalue weighted by molar-refractivity contribution is 0.102. The molecule has 1 amide bonds. The number of rotatable bonds is 4. The van der Waals surface area contributed by atoms with Crippen molar-refractivity contribution in [2.24, 2.45) is 5.92 Å². The zero-order valence-corrected chi connectivity index (χ0v) is 13.7. The number of carbonyl (C=O) groups excluding carboxylic acids is 1. The third-order valence-corrected chi connectivity index (χ3v) is 4.87. The maximum Gasteiger partial charge on any atom is 0.257 e. The number of anilines is 1. The molecule has 0 saturated carbocycles. The second kappa shape index (κ2) is 6.48. The number of benzene rings is 1. The summed E-state index contributed by atoms with van der Waals surface area (Å²) in [6.45, 7) is 4.82. The van der Waals surface area contributed by atoms with Gasteiger partial charge in [0.15, 0.2) is 5.13 Å². The van der Waals surface area contributed by atoms with Gasteiger partial charge in [-0.05, 0) is 56.4 Å². The van der Waals surface area contributed by atoms with Crippen molar-refractivity contribution in [1.82, 2.24) is 4.98 Å². The molecule has 1 N–H and O–H groups in total. The molecular weight excluding hydrogens is 296 g/mol. The van der Waals surface area contributed by atoms with Crippen molar-refractivity contribution in [1.29, 1.82) is 0 Å². The zero-order chi connectivity index (χ0) is 15.5. The van der Waals surface area contributed by atoms with Crippen LogP contribution in [0.25, 0.3) is 0 Å². The van der Waals surface area contributed by atoms with Gasteiger partial charge in [0.05, 0.1) is 12.3 Å². The Bertz CT molecular complexity index is 664. The third kappa shape index (κ3) is 3.30. The van der Waals surface area contributed by atoms with E-state index in [1.807, 2.05) is 19.1 Å². The molecule has 0 bridgehead atoms. The maximum absolute atomic E-state index is 12.3. The number of ether oxygens (including phenoxy) is 1. The van der Waals surface area contributed by atoms with Gasteiger partial charge in [-0.15, -0.1) is 11.3 Å². The van der Waals surface area contributed by atoms with Crippen molar-refractivity contribution in [2.45, 2.75) is 33.1 Å². The zero-order valence-electron chi connectivity index (χ0n) is 12.9. The summed E-state index contributed by atoms with van der Waals surface area (Å²) in [5.41, 5.74) is 1.77. The Morgan fingerprint density at radius 2 is 2.18 bits per heavy atom. The molecular formula is C17H20N2O2S. The molecule has 1 aliphatic carbocycles. The summed E-state index contributed by atoms with van der Waals surface area (Å²) in [7, 11) is 0. The molecule has 1 unspecified atom stereocenters. The van der Waals surface area contributed by atoms with Gasteiger partial charge in [-0.25, -0.2) is 4.98 Å². The number of nitrogens with one attached hydrogen (secondary N) is 1. The van der Waals surface area contributed by atoms with Crippen LogP contribution in [0.4, 0.5) is 5.13 Å². The van der Waals surface area contributed by atoms with Gasteiger partial charge in [-0.2, -0.15) is 0 Å². The predicted molar refractivity (Wildman–Crippen MR) is 88.9 cm³/mol. The quantitative estimate of drug-likeness (QED) is 0.930. The summed E-state index contributed by atoms with van der Waals surface area (Å²) in [6, 6.07) is 7.17. The first-order valence-corrected chi connectivity index (χ1v) is 8.50. The molecule has 1 atom stereocenters. The van der Waals surface area contributed by atoms with Crippen LogP contribution >= 0.6 is 11.3 Å². The Morgan fingerprint density at radius 3 is 2.91 bits per heavy atom. The first-order valence-electron chi connectivity index (χ1n) is 7.68. The molecule has 1 aliphatic rings.